The number of nitrogens with one attached hydrogen (secondary N) is 2. The van der Waals surface area contributed by atoms with Gasteiger partial charge in [0.15, 0.2) is 17.3 Å². The lowest BCUT2D eigenvalue weighted by Crippen LogP contribution is -2.16. The van der Waals surface area contributed by atoms with Gasteiger partial charge in [0.05, 0.1) is 17.5 Å². The van der Waals surface area contributed by atoms with Gasteiger partial charge in [-0.1, -0.05) is 6.07 Å². The molecule has 3 aromatic rings. The lowest BCUT2D eigenvalue weighted by atomic mass is 10.1. The minimum atomic E-state index is -4.77. The van der Waals surface area contributed by atoms with E-state index in [1.807, 2.05) is 0 Å². The van der Waals surface area contributed by atoms with E-state index in [4.69, 9.17) is 13.9 Å². The highest BCUT2D eigenvalue weighted by Crippen LogP contribution is 2.37. The van der Waals surface area contributed by atoms with E-state index in [0.29, 0.717) is 30.3 Å². The average Bonchev–Trinajstić information content (AvgIpc) is 3.33. The van der Waals surface area contributed by atoms with Crippen LogP contribution in [0.15, 0.2) is 65.3 Å². The van der Waals surface area contributed by atoms with Crippen molar-refractivity contribution in [3.05, 3.63) is 77.8 Å². The lowest BCUT2D eigenvalue weighted by Gasteiger charge is -2.18. The molecule has 10 heteroatoms. The fraction of sp³-hybridized carbons (Fsp3) is 0.130. The molecular weight excluding hydrogens is 441 g/mol. The van der Waals surface area contributed by atoms with Crippen LogP contribution in [-0.4, -0.2) is 25.0 Å². The van der Waals surface area contributed by atoms with E-state index in [0.717, 1.165) is 18.2 Å². The molecule has 0 atom stereocenters. The van der Waals surface area contributed by atoms with Gasteiger partial charge in [0.1, 0.15) is 13.2 Å². The Kier molecular flexibility index (Phi) is 6.07. The highest BCUT2D eigenvalue weighted by molar-refractivity contribution is 6.04. The molecule has 0 saturated heterocycles. The molecule has 2 N–H and O–H groups in total. The first-order valence-corrected chi connectivity index (χ1v) is 9.74. The van der Waals surface area contributed by atoms with Crippen molar-refractivity contribution in [2.45, 2.75) is 6.18 Å². The standard InChI is InChI=1S/C23H17F3N2O5/c24-23(25,26)16-13-15(27-22(30)19-2-1-9-31-19)5-6-17(16)28-21(29)8-4-14-3-7-18-20(12-14)33-11-10-32-18/h1-9,12-13H,10-11H2,(H,27,30)(H,28,29)/b8-4+. The number of furan rings is 1. The summed E-state index contributed by atoms with van der Waals surface area (Å²) in [6.45, 7) is 0.844. The van der Waals surface area contributed by atoms with E-state index >= 15 is 0 Å². The van der Waals surface area contributed by atoms with Gasteiger partial charge in [-0.05, 0) is 54.1 Å². The molecule has 0 radical (unpaired) electrons. The Balaban J connectivity index is 1.49. The van der Waals surface area contributed by atoms with Crippen LogP contribution in [0.2, 0.25) is 0 Å². The number of benzene rings is 2. The minimum absolute atomic E-state index is 0.0507. The van der Waals surface area contributed by atoms with Crippen LogP contribution in [0.3, 0.4) is 0 Å². The first-order chi connectivity index (χ1) is 15.8. The number of hydrogen-bond donors (Lipinski definition) is 2. The van der Waals surface area contributed by atoms with Crippen molar-refractivity contribution in [3.8, 4) is 11.5 Å². The fourth-order valence-corrected chi connectivity index (χ4v) is 3.08. The zero-order chi connectivity index (χ0) is 23.4. The third kappa shape index (κ3) is 5.35. The number of halogens is 3. The van der Waals surface area contributed by atoms with Crippen LogP contribution in [0.25, 0.3) is 6.08 Å². The predicted molar refractivity (Wildman–Crippen MR) is 113 cm³/mol. The summed E-state index contributed by atoms with van der Waals surface area (Å²) < 4.78 is 56.5. The van der Waals surface area contributed by atoms with Crippen LogP contribution in [0.4, 0.5) is 24.5 Å². The van der Waals surface area contributed by atoms with Crippen molar-refractivity contribution in [1.82, 2.24) is 0 Å². The molecule has 0 unspecified atom stereocenters. The monoisotopic (exact) mass is 458 g/mol. The normalized spacial score (nSPS) is 13.1. The van der Waals surface area contributed by atoms with Gasteiger partial charge in [0.25, 0.3) is 5.91 Å². The van der Waals surface area contributed by atoms with E-state index in [9.17, 15) is 22.8 Å². The number of hydrogen-bond acceptors (Lipinski definition) is 5. The Hall–Kier alpha value is -4.21. The molecular formula is C23H17F3N2O5. The van der Waals surface area contributed by atoms with Crippen LogP contribution < -0.4 is 20.1 Å². The number of carbonyl (C=O) groups excluding carboxylic acids is 2. The number of amides is 2. The van der Waals surface area contributed by atoms with Crippen LogP contribution in [-0.2, 0) is 11.0 Å². The van der Waals surface area contributed by atoms with Crippen molar-refractivity contribution < 1.29 is 36.7 Å². The molecule has 2 amide bonds. The number of anilines is 2. The second-order valence-electron chi connectivity index (χ2n) is 6.92. The smallest absolute Gasteiger partial charge is 0.418 e. The van der Waals surface area contributed by atoms with Gasteiger partial charge in [-0.2, -0.15) is 13.2 Å². The van der Waals surface area contributed by atoms with E-state index in [2.05, 4.69) is 10.6 Å². The van der Waals surface area contributed by atoms with Crippen molar-refractivity contribution in [1.29, 1.82) is 0 Å². The zero-order valence-corrected chi connectivity index (χ0v) is 16.9. The van der Waals surface area contributed by atoms with E-state index in [-0.39, 0.29) is 11.4 Å². The molecule has 0 spiro atoms. The fourth-order valence-electron chi connectivity index (χ4n) is 3.08. The molecule has 2 heterocycles. The van der Waals surface area contributed by atoms with Gasteiger partial charge in [0, 0.05) is 11.8 Å². The quantitative estimate of drug-likeness (QED) is 0.527. The van der Waals surface area contributed by atoms with Gasteiger partial charge in [-0.15, -0.1) is 0 Å². The van der Waals surface area contributed by atoms with Crippen LogP contribution in [0.5, 0.6) is 11.5 Å². The van der Waals surface area contributed by atoms with Gasteiger partial charge in [-0.3, -0.25) is 9.59 Å². The number of alkyl halides is 3. The lowest BCUT2D eigenvalue weighted by molar-refractivity contribution is -0.136. The Bertz CT molecular complexity index is 1200. The average molecular weight is 458 g/mol. The minimum Gasteiger partial charge on any atom is -0.486 e. The molecule has 1 aromatic heterocycles. The van der Waals surface area contributed by atoms with E-state index < -0.39 is 29.2 Å². The molecule has 0 aliphatic carbocycles. The van der Waals surface area contributed by atoms with Gasteiger partial charge in [-0.25, -0.2) is 0 Å². The number of rotatable bonds is 5. The Morgan fingerprint density at radius 3 is 2.45 bits per heavy atom. The predicted octanol–water partition coefficient (Wildman–Crippen LogP) is 4.97. The van der Waals surface area contributed by atoms with Crippen LogP contribution in [0.1, 0.15) is 21.7 Å². The van der Waals surface area contributed by atoms with E-state index in [1.54, 1.807) is 18.2 Å². The molecule has 33 heavy (non-hydrogen) atoms. The largest absolute Gasteiger partial charge is 0.486 e. The summed E-state index contributed by atoms with van der Waals surface area (Å²) in [5.41, 5.74) is -1.05. The molecule has 4 rings (SSSR count). The summed E-state index contributed by atoms with van der Waals surface area (Å²) in [6, 6.07) is 10.9. The highest BCUT2D eigenvalue weighted by Gasteiger charge is 2.34. The first-order valence-electron chi connectivity index (χ1n) is 9.74. The Labute approximate surface area is 185 Å². The topological polar surface area (TPSA) is 89.8 Å². The van der Waals surface area contributed by atoms with Gasteiger partial charge in [0.2, 0.25) is 5.91 Å². The molecule has 2 aromatic carbocycles. The number of carbonyl (C=O) groups is 2. The maximum atomic E-state index is 13.6. The molecule has 0 bridgehead atoms. The van der Waals surface area contributed by atoms with Crippen molar-refractivity contribution >= 4 is 29.3 Å². The molecule has 1 aliphatic rings. The SMILES string of the molecule is O=C(/C=C/c1ccc2c(c1)OCCO2)Nc1ccc(NC(=O)c2ccco2)cc1C(F)(F)F. The maximum Gasteiger partial charge on any atom is 0.418 e. The highest BCUT2D eigenvalue weighted by atomic mass is 19.4. The van der Waals surface area contributed by atoms with Gasteiger partial charge < -0.3 is 24.5 Å². The molecule has 0 saturated carbocycles. The van der Waals surface area contributed by atoms with Crippen molar-refractivity contribution in [2.24, 2.45) is 0 Å². The zero-order valence-electron chi connectivity index (χ0n) is 16.9. The molecule has 0 fully saturated rings. The second kappa shape index (κ2) is 9.11. The summed E-state index contributed by atoms with van der Waals surface area (Å²) >= 11 is 0. The summed E-state index contributed by atoms with van der Waals surface area (Å²) in [7, 11) is 0. The van der Waals surface area contributed by atoms with Gasteiger partial charge >= 0.3 is 6.18 Å². The molecule has 1 aliphatic heterocycles. The second-order valence-corrected chi connectivity index (χ2v) is 6.92. The van der Waals surface area contributed by atoms with E-state index in [1.165, 1.54) is 30.5 Å². The summed E-state index contributed by atoms with van der Waals surface area (Å²) in [4.78, 5) is 24.3. The van der Waals surface area contributed by atoms with Crippen LogP contribution in [0, 0.1) is 0 Å². The third-order valence-electron chi connectivity index (χ3n) is 4.58. The molecule has 7 nitrogen and oxygen atoms in total. The first kappa shape index (κ1) is 22.0. The Morgan fingerprint density at radius 1 is 0.939 bits per heavy atom. The summed E-state index contributed by atoms with van der Waals surface area (Å²) in [6.07, 6.45) is -0.947. The summed E-state index contributed by atoms with van der Waals surface area (Å²) in [5.74, 6) is -0.410. The Morgan fingerprint density at radius 2 is 1.73 bits per heavy atom. The number of ether oxygens (including phenoxy) is 2. The van der Waals surface area contributed by atoms with Crippen molar-refractivity contribution in [3.63, 3.8) is 0 Å². The third-order valence-corrected chi connectivity index (χ3v) is 4.58. The maximum absolute atomic E-state index is 13.6. The van der Waals surface area contributed by atoms with Crippen molar-refractivity contribution in [2.75, 3.05) is 23.8 Å². The van der Waals surface area contributed by atoms with Crippen LogP contribution >= 0.6 is 0 Å². The number of fused-ring (bicyclic) bond motifs is 1. The molecule has 170 valence electrons. The summed E-state index contributed by atoms with van der Waals surface area (Å²) in [5, 5.41) is 4.55.